The number of carbonyl (C=O) groups is 2. The fourth-order valence-electron chi connectivity index (χ4n) is 8.29. The van der Waals surface area contributed by atoms with Gasteiger partial charge >= 0.3 is 5.97 Å². The van der Waals surface area contributed by atoms with Crippen molar-refractivity contribution in [2.75, 3.05) is 0 Å². The summed E-state index contributed by atoms with van der Waals surface area (Å²) in [5, 5.41) is 0. The first kappa shape index (κ1) is 20.3. The van der Waals surface area contributed by atoms with E-state index >= 15 is 0 Å². The summed E-state index contributed by atoms with van der Waals surface area (Å²) in [6.07, 6.45) is 8.86. The van der Waals surface area contributed by atoms with Crippen molar-refractivity contribution in [1.82, 2.24) is 0 Å². The van der Waals surface area contributed by atoms with Gasteiger partial charge in [-0.05, 0) is 92.1 Å². The number of carbonyl (C=O) groups excluding carboxylic acids is 2. The molecule has 8 atom stereocenters. The normalized spacial score (nSPS) is 45.2. The van der Waals surface area contributed by atoms with E-state index in [1.54, 1.807) is 0 Å². The number of esters is 1. The molecule has 4 aliphatic carbocycles. The number of benzene rings is 1. The minimum Gasteiger partial charge on any atom is -0.458 e. The summed E-state index contributed by atoms with van der Waals surface area (Å²) < 4.78 is 6.04. The molecule has 0 heterocycles. The monoisotopic (exact) mass is 408 g/mol. The number of hydrogen-bond acceptors (Lipinski definition) is 3. The van der Waals surface area contributed by atoms with Gasteiger partial charge in [-0.25, -0.2) is 4.79 Å². The van der Waals surface area contributed by atoms with Crippen LogP contribution in [0.5, 0.6) is 0 Å². The summed E-state index contributed by atoms with van der Waals surface area (Å²) in [6.45, 7) is 7.07. The zero-order valence-electron chi connectivity index (χ0n) is 18.7. The second-order valence-electron chi connectivity index (χ2n) is 11.3. The van der Waals surface area contributed by atoms with E-state index in [-0.39, 0.29) is 17.5 Å². The van der Waals surface area contributed by atoms with Crippen LogP contribution in [0.25, 0.3) is 0 Å². The van der Waals surface area contributed by atoms with E-state index in [2.05, 4.69) is 20.8 Å². The maximum absolute atomic E-state index is 12.7. The Balaban J connectivity index is 1.33. The molecule has 0 radical (unpaired) electrons. The third-order valence-corrected chi connectivity index (χ3v) is 9.96. The van der Waals surface area contributed by atoms with Crippen molar-refractivity contribution in [2.45, 2.75) is 78.2 Å². The van der Waals surface area contributed by atoms with E-state index in [1.165, 1.54) is 19.3 Å². The van der Waals surface area contributed by atoms with Crippen molar-refractivity contribution in [3.05, 3.63) is 35.9 Å². The topological polar surface area (TPSA) is 43.4 Å². The molecule has 1 aromatic carbocycles. The van der Waals surface area contributed by atoms with E-state index in [9.17, 15) is 9.59 Å². The average molecular weight is 409 g/mol. The Labute approximate surface area is 181 Å². The highest BCUT2D eigenvalue weighted by molar-refractivity contribution is 5.89. The van der Waals surface area contributed by atoms with Crippen molar-refractivity contribution in [3.63, 3.8) is 0 Å². The Hall–Kier alpha value is -1.64. The SMILES string of the molecule is C[C@@H]1C[C@@]2(C)[C@H](CC[C@@H]3[C@@H]2CC[C@]2(C)C(=O)CC[C@@H]32)C[C@H]1OC(=O)c1ccccc1. The van der Waals surface area contributed by atoms with E-state index < -0.39 is 0 Å². The molecule has 3 heteroatoms. The van der Waals surface area contributed by atoms with Crippen LogP contribution in [0.1, 0.15) is 82.5 Å². The molecule has 4 fully saturated rings. The second kappa shape index (κ2) is 7.21. The molecule has 3 nitrogen and oxygen atoms in total. The zero-order chi connectivity index (χ0) is 21.1. The summed E-state index contributed by atoms with van der Waals surface area (Å²) in [4.78, 5) is 25.3. The van der Waals surface area contributed by atoms with Crippen LogP contribution < -0.4 is 0 Å². The Morgan fingerprint density at radius 1 is 1.03 bits per heavy atom. The lowest BCUT2D eigenvalue weighted by Crippen LogP contribution is -2.55. The maximum Gasteiger partial charge on any atom is 0.338 e. The van der Waals surface area contributed by atoms with Gasteiger partial charge in [0.1, 0.15) is 11.9 Å². The molecule has 4 aliphatic rings. The summed E-state index contributed by atoms with van der Waals surface area (Å²) in [6, 6.07) is 9.39. The van der Waals surface area contributed by atoms with Gasteiger partial charge < -0.3 is 4.74 Å². The van der Waals surface area contributed by atoms with Gasteiger partial charge in [-0.1, -0.05) is 39.0 Å². The van der Waals surface area contributed by atoms with E-state index in [0.29, 0.717) is 40.4 Å². The zero-order valence-corrected chi connectivity index (χ0v) is 18.7. The fourth-order valence-corrected chi connectivity index (χ4v) is 8.29. The molecular formula is C27H36O3. The molecule has 0 saturated heterocycles. The lowest BCUT2D eigenvalue weighted by molar-refractivity contribution is -0.148. The lowest BCUT2D eigenvalue weighted by Gasteiger charge is -2.61. The van der Waals surface area contributed by atoms with Crippen LogP contribution in [0.15, 0.2) is 30.3 Å². The number of ketones is 1. The van der Waals surface area contributed by atoms with Crippen LogP contribution in [0.4, 0.5) is 0 Å². The molecule has 0 amide bonds. The predicted molar refractivity (Wildman–Crippen MR) is 117 cm³/mol. The van der Waals surface area contributed by atoms with Crippen molar-refractivity contribution >= 4 is 11.8 Å². The third kappa shape index (κ3) is 2.99. The molecule has 30 heavy (non-hydrogen) atoms. The molecule has 0 bridgehead atoms. The van der Waals surface area contributed by atoms with Crippen molar-refractivity contribution < 1.29 is 14.3 Å². The number of Topliss-reactive ketones (excluding diaryl/α,β-unsaturated/α-hetero) is 1. The first-order valence-corrected chi connectivity index (χ1v) is 12.1. The number of rotatable bonds is 2. The standard InChI is InChI=1S/C27H36O3/c1-17-16-27(3)19(15-23(17)30-25(29)18-7-5-4-6-8-18)9-10-20-21-11-12-24(28)26(21,2)14-13-22(20)27/h4-8,17,19-23H,9-16H2,1-3H3/t17-,19-,20+,21+,22+,23-,26+,27+/m1/s1. The Bertz CT molecular complexity index is 832. The first-order chi connectivity index (χ1) is 14.3. The van der Waals surface area contributed by atoms with Gasteiger partial charge in [0, 0.05) is 11.8 Å². The minimum absolute atomic E-state index is 0.0224. The van der Waals surface area contributed by atoms with Crippen LogP contribution in [0, 0.1) is 40.4 Å². The summed E-state index contributed by atoms with van der Waals surface area (Å²) in [7, 11) is 0. The molecular weight excluding hydrogens is 372 g/mol. The molecule has 0 unspecified atom stereocenters. The first-order valence-electron chi connectivity index (χ1n) is 12.1. The molecule has 5 rings (SSSR count). The smallest absolute Gasteiger partial charge is 0.338 e. The molecule has 0 spiro atoms. The van der Waals surface area contributed by atoms with Gasteiger partial charge in [-0.2, -0.15) is 0 Å². The van der Waals surface area contributed by atoms with E-state index in [0.717, 1.165) is 38.0 Å². The van der Waals surface area contributed by atoms with Gasteiger partial charge in [0.25, 0.3) is 0 Å². The molecule has 0 aromatic heterocycles. The quantitative estimate of drug-likeness (QED) is 0.558. The Kier molecular flexibility index (Phi) is 4.87. The molecule has 1 aromatic rings. The van der Waals surface area contributed by atoms with Gasteiger partial charge in [0.2, 0.25) is 0 Å². The van der Waals surface area contributed by atoms with Crippen LogP contribution in [0.2, 0.25) is 0 Å². The van der Waals surface area contributed by atoms with Gasteiger partial charge in [-0.15, -0.1) is 0 Å². The van der Waals surface area contributed by atoms with Crippen molar-refractivity contribution in [3.8, 4) is 0 Å². The largest absolute Gasteiger partial charge is 0.458 e. The highest BCUT2D eigenvalue weighted by atomic mass is 16.5. The molecule has 4 saturated carbocycles. The number of hydrogen-bond donors (Lipinski definition) is 0. The van der Waals surface area contributed by atoms with Crippen molar-refractivity contribution in [1.29, 1.82) is 0 Å². The second-order valence-corrected chi connectivity index (χ2v) is 11.3. The number of ether oxygens (including phenoxy) is 1. The van der Waals surface area contributed by atoms with Crippen LogP contribution >= 0.6 is 0 Å². The predicted octanol–water partition coefficient (Wildman–Crippen LogP) is 6.07. The lowest BCUT2D eigenvalue weighted by atomic mass is 9.44. The van der Waals surface area contributed by atoms with Crippen LogP contribution in [0.3, 0.4) is 0 Å². The summed E-state index contributed by atoms with van der Waals surface area (Å²) >= 11 is 0. The van der Waals surface area contributed by atoms with E-state index in [4.69, 9.17) is 4.74 Å². The van der Waals surface area contributed by atoms with Crippen LogP contribution in [-0.2, 0) is 9.53 Å². The maximum atomic E-state index is 12.7. The van der Waals surface area contributed by atoms with Gasteiger partial charge in [0.05, 0.1) is 5.56 Å². The van der Waals surface area contributed by atoms with Gasteiger partial charge in [0.15, 0.2) is 0 Å². The minimum atomic E-state index is -0.178. The molecule has 0 aliphatic heterocycles. The number of fused-ring (bicyclic) bond motifs is 5. The fraction of sp³-hybridized carbons (Fsp3) is 0.704. The Morgan fingerprint density at radius 2 is 1.80 bits per heavy atom. The summed E-state index contributed by atoms with van der Waals surface area (Å²) in [5.41, 5.74) is 0.933. The Morgan fingerprint density at radius 3 is 2.57 bits per heavy atom. The van der Waals surface area contributed by atoms with Crippen LogP contribution in [-0.4, -0.2) is 17.9 Å². The van der Waals surface area contributed by atoms with Crippen molar-refractivity contribution in [2.24, 2.45) is 40.4 Å². The summed E-state index contributed by atoms with van der Waals surface area (Å²) in [5.74, 6) is 3.41. The van der Waals surface area contributed by atoms with Gasteiger partial charge in [-0.3, -0.25) is 4.79 Å². The third-order valence-electron chi connectivity index (χ3n) is 9.96. The highest BCUT2D eigenvalue weighted by Gasteiger charge is 2.61. The average Bonchev–Trinajstić information content (AvgIpc) is 3.04. The molecule has 0 N–H and O–H groups in total. The van der Waals surface area contributed by atoms with E-state index in [1.807, 2.05) is 30.3 Å². The highest BCUT2D eigenvalue weighted by Crippen LogP contribution is 2.66. The molecule has 162 valence electrons.